The molecule has 1 amide bonds. The predicted octanol–water partition coefficient (Wildman–Crippen LogP) is 1.49. The second-order valence-electron chi connectivity index (χ2n) is 4.46. The van der Waals surface area contributed by atoms with Crippen LogP contribution in [0.1, 0.15) is 33.1 Å². The first-order valence-corrected chi connectivity index (χ1v) is 5.43. The molecular weight excluding hydrogens is 176 g/mol. The fourth-order valence-corrected chi connectivity index (χ4v) is 1.12. The van der Waals surface area contributed by atoms with E-state index in [0.29, 0.717) is 12.3 Å². The maximum Gasteiger partial charge on any atom is 0.220 e. The Morgan fingerprint density at radius 2 is 1.93 bits per heavy atom. The lowest BCUT2D eigenvalue weighted by Gasteiger charge is -2.09. The molecule has 0 saturated heterocycles. The molecule has 0 aliphatic carbocycles. The lowest BCUT2D eigenvalue weighted by atomic mass is 10.2. The quantitative estimate of drug-likeness (QED) is 0.632. The molecule has 14 heavy (non-hydrogen) atoms. The van der Waals surface area contributed by atoms with E-state index < -0.39 is 0 Å². The summed E-state index contributed by atoms with van der Waals surface area (Å²) in [6.07, 6.45) is 2.75. The van der Waals surface area contributed by atoms with Crippen molar-refractivity contribution in [3.8, 4) is 0 Å². The van der Waals surface area contributed by atoms with E-state index >= 15 is 0 Å². The lowest BCUT2D eigenvalue weighted by Crippen LogP contribution is -2.27. The number of carbonyl (C=O) groups is 1. The van der Waals surface area contributed by atoms with Crippen molar-refractivity contribution in [2.75, 3.05) is 27.2 Å². The molecule has 0 aromatic rings. The summed E-state index contributed by atoms with van der Waals surface area (Å²) < 4.78 is 0. The normalized spacial score (nSPS) is 11.0. The van der Waals surface area contributed by atoms with E-state index in [2.05, 4.69) is 38.2 Å². The molecule has 3 nitrogen and oxygen atoms in total. The fourth-order valence-electron chi connectivity index (χ4n) is 1.12. The highest BCUT2D eigenvalue weighted by Crippen LogP contribution is 1.97. The third-order valence-corrected chi connectivity index (χ3v) is 1.97. The van der Waals surface area contributed by atoms with Crippen LogP contribution >= 0.6 is 0 Å². The van der Waals surface area contributed by atoms with Gasteiger partial charge in [0.2, 0.25) is 5.91 Å². The van der Waals surface area contributed by atoms with Crippen LogP contribution in [0.25, 0.3) is 0 Å². The molecular formula is C11H24N2O. The zero-order valence-electron chi connectivity index (χ0n) is 9.97. The first-order chi connectivity index (χ1) is 6.52. The number of amides is 1. The molecule has 84 valence electrons. The molecule has 3 heteroatoms. The van der Waals surface area contributed by atoms with Crippen molar-refractivity contribution in [1.29, 1.82) is 0 Å². The summed E-state index contributed by atoms with van der Waals surface area (Å²) in [6, 6.07) is 0. The minimum atomic E-state index is 0.192. The van der Waals surface area contributed by atoms with Gasteiger partial charge in [-0.05, 0) is 39.4 Å². The van der Waals surface area contributed by atoms with E-state index in [9.17, 15) is 4.79 Å². The second kappa shape index (κ2) is 7.80. The van der Waals surface area contributed by atoms with E-state index in [1.165, 1.54) is 0 Å². The molecule has 0 unspecified atom stereocenters. The Morgan fingerprint density at radius 1 is 1.29 bits per heavy atom. The van der Waals surface area contributed by atoms with Gasteiger partial charge < -0.3 is 10.2 Å². The van der Waals surface area contributed by atoms with Gasteiger partial charge >= 0.3 is 0 Å². The van der Waals surface area contributed by atoms with Gasteiger partial charge in [-0.1, -0.05) is 13.8 Å². The molecule has 0 aliphatic heterocycles. The highest BCUT2D eigenvalue weighted by molar-refractivity contribution is 5.75. The van der Waals surface area contributed by atoms with Gasteiger partial charge in [-0.25, -0.2) is 0 Å². The highest BCUT2D eigenvalue weighted by atomic mass is 16.1. The van der Waals surface area contributed by atoms with Crippen molar-refractivity contribution in [2.45, 2.75) is 33.1 Å². The molecule has 0 atom stereocenters. The Balaban J connectivity index is 3.27. The summed E-state index contributed by atoms with van der Waals surface area (Å²) in [5.41, 5.74) is 0. The molecule has 0 fully saturated rings. The molecule has 0 radical (unpaired) electrons. The van der Waals surface area contributed by atoms with Crippen LogP contribution in [-0.2, 0) is 4.79 Å². The number of hydrogen-bond donors (Lipinski definition) is 1. The maximum absolute atomic E-state index is 11.3. The third kappa shape index (κ3) is 9.52. The van der Waals surface area contributed by atoms with E-state index in [1.54, 1.807) is 0 Å². The first kappa shape index (κ1) is 13.4. The third-order valence-electron chi connectivity index (χ3n) is 1.97. The van der Waals surface area contributed by atoms with Crippen molar-refractivity contribution in [2.24, 2.45) is 5.92 Å². The topological polar surface area (TPSA) is 32.3 Å². The summed E-state index contributed by atoms with van der Waals surface area (Å²) in [7, 11) is 4.11. The van der Waals surface area contributed by atoms with Gasteiger partial charge in [-0.2, -0.15) is 0 Å². The largest absolute Gasteiger partial charge is 0.356 e. The smallest absolute Gasteiger partial charge is 0.220 e. The standard InChI is InChI=1S/C11H24N2O/c1-10(2)9-12-11(14)7-5-6-8-13(3)4/h10H,5-9H2,1-4H3,(H,12,14). The van der Waals surface area contributed by atoms with Crippen LogP contribution in [0.5, 0.6) is 0 Å². The summed E-state index contributed by atoms with van der Waals surface area (Å²) in [5, 5.41) is 2.92. The summed E-state index contributed by atoms with van der Waals surface area (Å²) in [5.74, 6) is 0.734. The number of unbranched alkanes of at least 4 members (excludes halogenated alkanes) is 1. The molecule has 0 aromatic heterocycles. The Hall–Kier alpha value is -0.570. The molecule has 0 heterocycles. The van der Waals surface area contributed by atoms with Gasteiger partial charge in [0, 0.05) is 13.0 Å². The minimum Gasteiger partial charge on any atom is -0.356 e. The van der Waals surface area contributed by atoms with E-state index in [1.807, 2.05) is 0 Å². The summed E-state index contributed by atoms with van der Waals surface area (Å²) in [6.45, 7) is 6.07. The van der Waals surface area contributed by atoms with Crippen LogP contribution in [0.4, 0.5) is 0 Å². The van der Waals surface area contributed by atoms with Crippen LogP contribution in [0, 0.1) is 5.92 Å². The van der Waals surface area contributed by atoms with Gasteiger partial charge in [0.15, 0.2) is 0 Å². The number of rotatable bonds is 7. The fraction of sp³-hybridized carbons (Fsp3) is 0.909. The Bertz CT molecular complexity index is 155. The van der Waals surface area contributed by atoms with Crippen molar-refractivity contribution in [1.82, 2.24) is 10.2 Å². The lowest BCUT2D eigenvalue weighted by molar-refractivity contribution is -0.121. The molecule has 0 rings (SSSR count). The van der Waals surface area contributed by atoms with E-state index in [0.717, 1.165) is 25.9 Å². The number of nitrogens with zero attached hydrogens (tertiary/aromatic N) is 1. The number of carbonyl (C=O) groups excluding carboxylic acids is 1. The first-order valence-electron chi connectivity index (χ1n) is 5.43. The highest BCUT2D eigenvalue weighted by Gasteiger charge is 2.01. The van der Waals surface area contributed by atoms with Gasteiger partial charge in [-0.3, -0.25) is 4.79 Å². The maximum atomic E-state index is 11.3. The number of hydrogen-bond acceptors (Lipinski definition) is 2. The molecule has 0 spiro atoms. The number of nitrogens with one attached hydrogen (secondary N) is 1. The van der Waals surface area contributed by atoms with Crippen LogP contribution < -0.4 is 5.32 Å². The molecule has 0 aromatic carbocycles. The van der Waals surface area contributed by atoms with E-state index in [4.69, 9.17) is 0 Å². The zero-order chi connectivity index (χ0) is 11.0. The van der Waals surface area contributed by atoms with Crippen molar-refractivity contribution in [3.63, 3.8) is 0 Å². The Morgan fingerprint density at radius 3 is 2.43 bits per heavy atom. The van der Waals surface area contributed by atoms with Crippen molar-refractivity contribution in [3.05, 3.63) is 0 Å². The van der Waals surface area contributed by atoms with Crippen molar-refractivity contribution >= 4 is 5.91 Å². The van der Waals surface area contributed by atoms with Gasteiger partial charge in [0.25, 0.3) is 0 Å². The monoisotopic (exact) mass is 200 g/mol. The van der Waals surface area contributed by atoms with Gasteiger partial charge in [0.1, 0.15) is 0 Å². The van der Waals surface area contributed by atoms with Crippen LogP contribution in [0.3, 0.4) is 0 Å². The van der Waals surface area contributed by atoms with Crippen LogP contribution in [-0.4, -0.2) is 38.0 Å². The van der Waals surface area contributed by atoms with Crippen LogP contribution in [0.2, 0.25) is 0 Å². The average Bonchev–Trinajstić information content (AvgIpc) is 2.08. The predicted molar refractivity (Wildman–Crippen MR) is 60.3 cm³/mol. The SMILES string of the molecule is CC(C)CNC(=O)CCCCN(C)C. The summed E-state index contributed by atoms with van der Waals surface area (Å²) >= 11 is 0. The molecule has 0 bridgehead atoms. The molecule has 0 aliphatic rings. The Kier molecular flexibility index (Phi) is 7.48. The average molecular weight is 200 g/mol. The molecule has 0 saturated carbocycles. The minimum absolute atomic E-state index is 0.192. The van der Waals surface area contributed by atoms with Crippen molar-refractivity contribution < 1.29 is 4.79 Å². The second-order valence-corrected chi connectivity index (χ2v) is 4.46. The molecule has 1 N–H and O–H groups in total. The summed E-state index contributed by atoms with van der Waals surface area (Å²) in [4.78, 5) is 13.4. The Labute approximate surface area is 87.9 Å². The zero-order valence-corrected chi connectivity index (χ0v) is 9.97. The van der Waals surface area contributed by atoms with Crippen LogP contribution in [0.15, 0.2) is 0 Å². The van der Waals surface area contributed by atoms with E-state index in [-0.39, 0.29) is 5.91 Å². The van der Waals surface area contributed by atoms with Gasteiger partial charge in [0.05, 0.1) is 0 Å². The van der Waals surface area contributed by atoms with Gasteiger partial charge in [-0.15, -0.1) is 0 Å².